The number of hydrogen-bond donors (Lipinski definition) is 1. The van der Waals surface area contributed by atoms with Gasteiger partial charge in [0.25, 0.3) is 0 Å². The van der Waals surface area contributed by atoms with Gasteiger partial charge in [0.2, 0.25) is 0 Å². The molecule has 2 saturated heterocycles. The lowest BCUT2D eigenvalue weighted by atomic mass is 9.77. The van der Waals surface area contributed by atoms with Crippen molar-refractivity contribution in [2.24, 2.45) is 5.41 Å². The van der Waals surface area contributed by atoms with Gasteiger partial charge in [0.1, 0.15) is 11.4 Å². The van der Waals surface area contributed by atoms with E-state index in [2.05, 4.69) is 15.0 Å². The Bertz CT molecular complexity index is 697. The zero-order valence-electron chi connectivity index (χ0n) is 11.5. The molecule has 2 aromatic heterocycles. The monoisotopic (exact) mass is 288 g/mol. The summed E-state index contributed by atoms with van der Waals surface area (Å²) in [4.78, 5) is 17.9. The maximum Gasteiger partial charge on any atom is 0.341 e. The van der Waals surface area contributed by atoms with E-state index >= 15 is 0 Å². The summed E-state index contributed by atoms with van der Waals surface area (Å²) in [6.45, 7) is 3.62. The fourth-order valence-electron chi connectivity index (χ4n) is 3.08. The van der Waals surface area contributed by atoms with Gasteiger partial charge >= 0.3 is 5.97 Å². The van der Waals surface area contributed by atoms with Crippen LogP contribution in [0.3, 0.4) is 0 Å². The Morgan fingerprint density at radius 2 is 2.10 bits per heavy atom. The van der Waals surface area contributed by atoms with E-state index < -0.39 is 5.97 Å². The Kier molecular flexibility index (Phi) is 2.65. The van der Waals surface area contributed by atoms with Gasteiger partial charge in [-0.05, 0) is 18.9 Å². The third-order valence-corrected chi connectivity index (χ3v) is 4.55. The Labute approximate surface area is 121 Å². The number of piperidine rings is 1. The predicted molar refractivity (Wildman–Crippen MR) is 74.6 cm³/mol. The Hall–Kier alpha value is -2.15. The second-order valence-corrected chi connectivity index (χ2v) is 5.90. The topological polar surface area (TPSA) is 80.0 Å². The molecule has 0 bridgehead atoms. The van der Waals surface area contributed by atoms with Gasteiger partial charge in [-0.2, -0.15) is 5.10 Å². The molecule has 4 heterocycles. The number of nitrogens with zero attached hydrogens (tertiary/aromatic N) is 4. The van der Waals surface area contributed by atoms with E-state index in [1.807, 2.05) is 6.07 Å². The highest BCUT2D eigenvalue weighted by atomic mass is 16.5. The Morgan fingerprint density at radius 1 is 1.33 bits per heavy atom. The van der Waals surface area contributed by atoms with Gasteiger partial charge < -0.3 is 14.7 Å². The second-order valence-electron chi connectivity index (χ2n) is 5.90. The van der Waals surface area contributed by atoms with Crippen molar-refractivity contribution in [2.45, 2.75) is 12.8 Å². The highest BCUT2D eigenvalue weighted by molar-refractivity contribution is 5.94. The molecule has 2 fully saturated rings. The van der Waals surface area contributed by atoms with Gasteiger partial charge in [-0.1, -0.05) is 0 Å². The summed E-state index contributed by atoms with van der Waals surface area (Å²) in [5, 5.41) is 13.2. The van der Waals surface area contributed by atoms with E-state index in [9.17, 15) is 4.79 Å². The van der Waals surface area contributed by atoms with Crippen molar-refractivity contribution >= 4 is 17.4 Å². The molecular formula is C14H16N4O3. The van der Waals surface area contributed by atoms with Crippen molar-refractivity contribution < 1.29 is 14.6 Å². The summed E-state index contributed by atoms with van der Waals surface area (Å²) in [6.07, 6.45) is 5.31. The van der Waals surface area contributed by atoms with Crippen molar-refractivity contribution in [1.29, 1.82) is 0 Å². The van der Waals surface area contributed by atoms with Gasteiger partial charge in [0, 0.05) is 24.7 Å². The van der Waals surface area contributed by atoms with Crippen molar-refractivity contribution in [3.05, 3.63) is 24.0 Å². The number of carbonyl (C=O) groups is 1. The molecule has 0 unspecified atom stereocenters. The zero-order chi connectivity index (χ0) is 14.4. The van der Waals surface area contributed by atoms with Crippen LogP contribution in [0.15, 0.2) is 18.5 Å². The van der Waals surface area contributed by atoms with E-state index in [1.54, 1.807) is 6.20 Å². The van der Waals surface area contributed by atoms with E-state index in [0.717, 1.165) is 45.0 Å². The number of fused-ring (bicyclic) bond motifs is 1. The summed E-state index contributed by atoms with van der Waals surface area (Å²) >= 11 is 0. The van der Waals surface area contributed by atoms with Gasteiger partial charge in [-0.25, -0.2) is 14.3 Å². The van der Waals surface area contributed by atoms with E-state index in [-0.39, 0.29) is 5.56 Å². The van der Waals surface area contributed by atoms with Crippen LogP contribution in [-0.4, -0.2) is 52.0 Å². The first-order valence-electron chi connectivity index (χ1n) is 7.07. The van der Waals surface area contributed by atoms with E-state index in [4.69, 9.17) is 9.84 Å². The van der Waals surface area contributed by atoms with Crippen LogP contribution >= 0.6 is 0 Å². The van der Waals surface area contributed by atoms with Crippen LogP contribution in [-0.2, 0) is 4.74 Å². The highest BCUT2D eigenvalue weighted by Gasteiger charge is 2.41. The number of ether oxygens (including phenoxy) is 1. The van der Waals surface area contributed by atoms with Crippen LogP contribution in [0.1, 0.15) is 23.2 Å². The molecule has 1 N–H and O–H groups in total. The summed E-state index contributed by atoms with van der Waals surface area (Å²) in [5.74, 6) is -0.181. The van der Waals surface area contributed by atoms with Gasteiger partial charge in [0.05, 0.1) is 19.4 Å². The largest absolute Gasteiger partial charge is 0.477 e. The van der Waals surface area contributed by atoms with Crippen LogP contribution in [0, 0.1) is 5.41 Å². The molecule has 0 atom stereocenters. The lowest BCUT2D eigenvalue weighted by Gasteiger charge is -2.47. The number of rotatable bonds is 2. The van der Waals surface area contributed by atoms with Crippen LogP contribution in [0.2, 0.25) is 0 Å². The number of hydrogen-bond acceptors (Lipinski definition) is 5. The minimum atomic E-state index is -1.00. The molecule has 0 aromatic carbocycles. The SMILES string of the molecule is O=C(O)c1cnn2ccc(N3CCC4(CC3)COC4)nc12. The summed E-state index contributed by atoms with van der Waals surface area (Å²) in [7, 11) is 0. The highest BCUT2D eigenvalue weighted by Crippen LogP contribution is 2.39. The molecule has 7 heteroatoms. The number of carboxylic acid groups (broad SMARTS) is 1. The predicted octanol–water partition coefficient (Wildman–Crippen LogP) is 1.04. The molecule has 2 aliphatic rings. The number of anilines is 1. The standard InChI is InChI=1S/C14H16N4O3/c19-13(20)10-7-15-18-4-1-11(16-12(10)18)17-5-2-14(3-6-17)8-21-9-14/h1,4,7H,2-3,5-6,8-9H2,(H,19,20). The molecule has 0 radical (unpaired) electrons. The number of aromatic carboxylic acids is 1. The van der Waals surface area contributed by atoms with Gasteiger partial charge in [-0.15, -0.1) is 0 Å². The number of aromatic nitrogens is 3. The third-order valence-electron chi connectivity index (χ3n) is 4.55. The molecule has 0 amide bonds. The third kappa shape index (κ3) is 1.96. The lowest BCUT2D eigenvalue weighted by molar-refractivity contribution is -0.124. The molecule has 4 rings (SSSR count). The molecule has 1 spiro atoms. The maximum absolute atomic E-state index is 11.2. The maximum atomic E-state index is 11.2. The van der Waals surface area contributed by atoms with Crippen LogP contribution in [0.25, 0.3) is 5.65 Å². The first kappa shape index (κ1) is 12.6. The van der Waals surface area contributed by atoms with Crippen LogP contribution < -0.4 is 4.90 Å². The average molecular weight is 288 g/mol. The van der Waals surface area contributed by atoms with Crippen molar-refractivity contribution in [1.82, 2.24) is 14.6 Å². The Balaban J connectivity index is 1.61. The molecule has 110 valence electrons. The van der Waals surface area contributed by atoms with E-state index in [0.29, 0.717) is 11.1 Å². The van der Waals surface area contributed by atoms with Crippen molar-refractivity contribution in [3.63, 3.8) is 0 Å². The fraction of sp³-hybridized carbons (Fsp3) is 0.500. The average Bonchev–Trinajstić information content (AvgIpc) is 2.89. The lowest BCUT2D eigenvalue weighted by Crippen LogP contribution is -2.51. The summed E-state index contributed by atoms with van der Waals surface area (Å²) in [6, 6.07) is 1.89. The molecule has 2 aliphatic heterocycles. The quantitative estimate of drug-likeness (QED) is 0.889. The van der Waals surface area contributed by atoms with Crippen molar-refractivity contribution in [2.75, 3.05) is 31.2 Å². The Morgan fingerprint density at radius 3 is 2.71 bits per heavy atom. The smallest absolute Gasteiger partial charge is 0.341 e. The zero-order valence-corrected chi connectivity index (χ0v) is 11.5. The van der Waals surface area contributed by atoms with Gasteiger partial charge in [-0.3, -0.25) is 0 Å². The fourth-order valence-corrected chi connectivity index (χ4v) is 3.08. The van der Waals surface area contributed by atoms with Crippen molar-refractivity contribution in [3.8, 4) is 0 Å². The molecular weight excluding hydrogens is 272 g/mol. The first-order valence-corrected chi connectivity index (χ1v) is 7.07. The normalized spacial score (nSPS) is 20.7. The molecule has 7 nitrogen and oxygen atoms in total. The van der Waals surface area contributed by atoms with E-state index in [1.165, 1.54) is 10.7 Å². The minimum Gasteiger partial charge on any atom is -0.477 e. The molecule has 2 aromatic rings. The van der Waals surface area contributed by atoms with Crippen LogP contribution in [0.5, 0.6) is 0 Å². The van der Waals surface area contributed by atoms with Gasteiger partial charge in [0.15, 0.2) is 5.65 Å². The second kappa shape index (κ2) is 4.42. The molecule has 0 saturated carbocycles. The molecule has 0 aliphatic carbocycles. The summed E-state index contributed by atoms with van der Waals surface area (Å²) in [5.41, 5.74) is 0.911. The first-order chi connectivity index (χ1) is 10.2. The minimum absolute atomic E-state index is 0.137. The number of carboxylic acids is 1. The van der Waals surface area contributed by atoms with Crippen LogP contribution in [0.4, 0.5) is 5.82 Å². The molecule has 21 heavy (non-hydrogen) atoms. The summed E-state index contributed by atoms with van der Waals surface area (Å²) < 4.78 is 6.83.